The molecule has 1 aliphatic heterocycles. The summed E-state index contributed by atoms with van der Waals surface area (Å²) in [5, 5.41) is 8.92. The second-order valence-electron chi connectivity index (χ2n) is 8.06. The van der Waals surface area contributed by atoms with Crippen molar-refractivity contribution in [3.63, 3.8) is 0 Å². The highest BCUT2D eigenvalue weighted by molar-refractivity contribution is 5.77. The summed E-state index contributed by atoms with van der Waals surface area (Å²) in [5.74, 6) is 0.618. The van der Waals surface area contributed by atoms with Gasteiger partial charge in [-0.25, -0.2) is 0 Å². The fraction of sp³-hybridized carbons (Fsp3) is 0.435. The van der Waals surface area contributed by atoms with Gasteiger partial charge in [0.1, 0.15) is 17.6 Å². The van der Waals surface area contributed by atoms with Gasteiger partial charge < -0.3 is 9.80 Å². The molecule has 1 saturated heterocycles. The summed E-state index contributed by atoms with van der Waals surface area (Å²) in [6.07, 6.45) is 3.25. The van der Waals surface area contributed by atoms with Crippen molar-refractivity contribution in [2.24, 2.45) is 5.92 Å². The van der Waals surface area contributed by atoms with Crippen molar-refractivity contribution in [2.75, 3.05) is 33.2 Å². The van der Waals surface area contributed by atoms with Gasteiger partial charge in [0, 0.05) is 19.6 Å². The van der Waals surface area contributed by atoms with Gasteiger partial charge in [0.25, 0.3) is 0 Å². The van der Waals surface area contributed by atoms with Gasteiger partial charge in [-0.05, 0) is 56.5 Å². The molecule has 1 aliphatic rings. The third-order valence-electron chi connectivity index (χ3n) is 5.67. The molecule has 1 aromatic heterocycles. The Morgan fingerprint density at radius 2 is 1.76 bits per heavy atom. The average Bonchev–Trinajstić information content (AvgIpc) is 3.14. The van der Waals surface area contributed by atoms with Crippen LogP contribution in [0.5, 0.6) is 0 Å². The van der Waals surface area contributed by atoms with E-state index in [1.165, 1.54) is 23.2 Å². The zero-order chi connectivity index (χ0) is 20.1. The molecule has 3 aromatic rings. The van der Waals surface area contributed by atoms with E-state index in [1.807, 2.05) is 35.2 Å². The molecule has 0 radical (unpaired) electrons. The molecule has 4 rings (SSSR count). The molecule has 29 heavy (non-hydrogen) atoms. The first-order valence-electron chi connectivity index (χ1n) is 10.5. The van der Waals surface area contributed by atoms with Crippen LogP contribution in [0, 0.1) is 5.92 Å². The Hall–Kier alpha value is -2.73. The highest BCUT2D eigenvalue weighted by Gasteiger charge is 2.23. The van der Waals surface area contributed by atoms with E-state index in [9.17, 15) is 4.79 Å². The van der Waals surface area contributed by atoms with E-state index in [0.717, 1.165) is 43.6 Å². The highest BCUT2D eigenvalue weighted by atomic mass is 16.2. The minimum absolute atomic E-state index is 0.0921. The molecular weight excluding hydrogens is 362 g/mol. The molecule has 1 atom stereocenters. The van der Waals surface area contributed by atoms with Gasteiger partial charge in [-0.15, -0.1) is 0 Å². The van der Waals surface area contributed by atoms with E-state index in [1.54, 1.807) is 0 Å². The van der Waals surface area contributed by atoms with Crippen LogP contribution in [-0.4, -0.2) is 63.9 Å². The van der Waals surface area contributed by atoms with Crippen LogP contribution < -0.4 is 0 Å². The van der Waals surface area contributed by atoms with E-state index >= 15 is 0 Å². The molecule has 0 N–H and O–H groups in total. The lowest BCUT2D eigenvalue weighted by Gasteiger charge is -2.34. The van der Waals surface area contributed by atoms with E-state index in [-0.39, 0.29) is 12.5 Å². The van der Waals surface area contributed by atoms with Crippen molar-refractivity contribution < 1.29 is 4.79 Å². The van der Waals surface area contributed by atoms with E-state index < -0.39 is 0 Å². The fourth-order valence-corrected chi connectivity index (χ4v) is 4.16. The topological polar surface area (TPSA) is 54.3 Å². The van der Waals surface area contributed by atoms with Crippen molar-refractivity contribution in [3.8, 4) is 0 Å². The molecular formula is C23H29N5O. The molecule has 1 amide bonds. The number of rotatable bonds is 7. The smallest absolute Gasteiger partial charge is 0.246 e. The van der Waals surface area contributed by atoms with E-state index in [2.05, 4.69) is 46.4 Å². The summed E-state index contributed by atoms with van der Waals surface area (Å²) < 4.78 is 0. The second kappa shape index (κ2) is 9.18. The maximum absolute atomic E-state index is 13.2. The van der Waals surface area contributed by atoms with Crippen LogP contribution in [0.1, 0.15) is 18.4 Å². The van der Waals surface area contributed by atoms with Gasteiger partial charge in [-0.1, -0.05) is 42.5 Å². The Kier molecular flexibility index (Phi) is 6.20. The third-order valence-corrected chi connectivity index (χ3v) is 5.67. The lowest BCUT2D eigenvalue weighted by Crippen LogP contribution is -2.43. The van der Waals surface area contributed by atoms with Crippen LogP contribution >= 0.6 is 0 Å². The molecule has 2 aromatic carbocycles. The predicted octanol–water partition coefficient (Wildman–Crippen LogP) is 2.84. The number of nitrogens with zero attached hydrogens (tertiary/aromatic N) is 5. The second-order valence-corrected chi connectivity index (χ2v) is 8.06. The quantitative estimate of drug-likeness (QED) is 0.621. The van der Waals surface area contributed by atoms with E-state index in [4.69, 9.17) is 0 Å². The van der Waals surface area contributed by atoms with Crippen LogP contribution in [0.4, 0.5) is 0 Å². The van der Waals surface area contributed by atoms with Crippen molar-refractivity contribution in [3.05, 3.63) is 60.2 Å². The third kappa shape index (κ3) is 5.21. The number of likely N-dealkylation sites (tertiary alicyclic amines) is 1. The Bertz CT molecular complexity index is 906. The van der Waals surface area contributed by atoms with E-state index in [0.29, 0.717) is 5.92 Å². The van der Waals surface area contributed by atoms with Gasteiger partial charge in [-0.2, -0.15) is 15.0 Å². The molecule has 6 nitrogen and oxygen atoms in total. The van der Waals surface area contributed by atoms with Crippen LogP contribution in [-0.2, 0) is 17.8 Å². The summed E-state index contributed by atoms with van der Waals surface area (Å²) >= 11 is 0. The van der Waals surface area contributed by atoms with Crippen LogP contribution in [0.25, 0.3) is 11.0 Å². The Labute approximate surface area is 172 Å². The number of hydrogen-bond donors (Lipinski definition) is 0. The first-order chi connectivity index (χ1) is 14.2. The maximum atomic E-state index is 13.2. The van der Waals surface area contributed by atoms with Crippen molar-refractivity contribution in [1.29, 1.82) is 0 Å². The number of aromatic nitrogens is 3. The molecule has 152 valence electrons. The van der Waals surface area contributed by atoms with Crippen LogP contribution in [0.15, 0.2) is 54.6 Å². The first-order valence-corrected chi connectivity index (χ1v) is 10.5. The molecule has 2 heterocycles. The molecule has 0 bridgehead atoms. The van der Waals surface area contributed by atoms with Gasteiger partial charge >= 0.3 is 0 Å². The minimum Gasteiger partial charge on any atom is -0.340 e. The Balaban J connectivity index is 1.45. The maximum Gasteiger partial charge on any atom is 0.246 e. The monoisotopic (exact) mass is 391 g/mol. The van der Waals surface area contributed by atoms with Crippen LogP contribution in [0.3, 0.4) is 0 Å². The lowest BCUT2D eigenvalue weighted by molar-refractivity contribution is -0.133. The zero-order valence-electron chi connectivity index (χ0n) is 17.1. The summed E-state index contributed by atoms with van der Waals surface area (Å²) in [7, 11) is 2.17. The first kappa shape index (κ1) is 19.6. The van der Waals surface area contributed by atoms with Gasteiger partial charge in [0.2, 0.25) is 5.91 Å². The van der Waals surface area contributed by atoms with Crippen molar-refractivity contribution in [2.45, 2.75) is 25.8 Å². The van der Waals surface area contributed by atoms with Gasteiger partial charge in [-0.3, -0.25) is 4.79 Å². The summed E-state index contributed by atoms with van der Waals surface area (Å²) in [6, 6.07) is 18.1. The molecule has 0 unspecified atom stereocenters. The Morgan fingerprint density at radius 1 is 1.07 bits per heavy atom. The molecule has 0 aliphatic carbocycles. The largest absolute Gasteiger partial charge is 0.340 e. The number of hydrogen-bond acceptors (Lipinski definition) is 4. The van der Waals surface area contributed by atoms with Crippen LogP contribution in [0.2, 0.25) is 0 Å². The zero-order valence-corrected chi connectivity index (χ0v) is 17.1. The highest BCUT2D eigenvalue weighted by Crippen LogP contribution is 2.17. The standard InChI is InChI=1S/C23H29N5O/c1-26-14-7-10-20(16-26)17-27(15-13-19-8-3-2-4-9-19)23(29)18-28-24-21-11-5-6-12-22(21)25-28/h2-6,8-9,11-12,20H,7,10,13-18H2,1H3/t20-/m0/s1. The number of piperidine rings is 1. The number of amides is 1. The average molecular weight is 392 g/mol. The summed E-state index contributed by atoms with van der Waals surface area (Å²) in [6.45, 7) is 3.92. The number of benzene rings is 2. The predicted molar refractivity (Wildman–Crippen MR) is 114 cm³/mol. The molecule has 0 spiro atoms. The normalized spacial score (nSPS) is 17.5. The number of carbonyl (C=O) groups excluding carboxylic acids is 1. The fourth-order valence-electron chi connectivity index (χ4n) is 4.16. The Morgan fingerprint density at radius 3 is 2.45 bits per heavy atom. The lowest BCUT2D eigenvalue weighted by atomic mass is 9.97. The van der Waals surface area contributed by atoms with Gasteiger partial charge in [0.15, 0.2) is 0 Å². The minimum atomic E-state index is 0.0921. The number of carbonyl (C=O) groups is 1. The van der Waals surface area contributed by atoms with Gasteiger partial charge in [0.05, 0.1) is 0 Å². The molecule has 1 fully saturated rings. The molecule has 6 heteroatoms. The number of fused-ring (bicyclic) bond motifs is 1. The van der Waals surface area contributed by atoms with Crippen molar-refractivity contribution >= 4 is 16.9 Å². The summed E-state index contributed by atoms with van der Waals surface area (Å²) in [5.41, 5.74) is 2.91. The summed E-state index contributed by atoms with van der Waals surface area (Å²) in [4.78, 5) is 19.1. The SMILES string of the molecule is CN1CCC[C@H](CN(CCc2ccccc2)C(=O)Cn2nc3ccccc3n2)C1. The molecule has 0 saturated carbocycles. The van der Waals surface area contributed by atoms with Crippen molar-refractivity contribution in [1.82, 2.24) is 24.8 Å².